The first-order valence-electron chi connectivity index (χ1n) is 6.13. The summed E-state index contributed by atoms with van der Waals surface area (Å²) in [5, 5.41) is 21.7. The number of carbonyl (C=O) groups is 2. The molecule has 3 atom stereocenters. The lowest BCUT2D eigenvalue weighted by Gasteiger charge is -2.26. The number of carbonyl (C=O) groups excluding carboxylic acids is 2. The van der Waals surface area contributed by atoms with Crippen molar-refractivity contribution in [2.45, 2.75) is 24.4 Å². The summed E-state index contributed by atoms with van der Waals surface area (Å²) in [6, 6.07) is 6.66. The predicted octanol–water partition coefficient (Wildman–Crippen LogP) is -1.14. The number of hydrogen-bond acceptors (Lipinski definition) is 5. The van der Waals surface area contributed by atoms with Crippen molar-refractivity contribution in [1.29, 1.82) is 0 Å². The van der Waals surface area contributed by atoms with Crippen LogP contribution in [0.4, 0.5) is 0 Å². The van der Waals surface area contributed by atoms with Gasteiger partial charge in [-0.3, -0.25) is 4.57 Å². The Labute approximate surface area is 115 Å². The Morgan fingerprint density at radius 1 is 1.30 bits per heavy atom. The molecule has 0 saturated heterocycles. The van der Waals surface area contributed by atoms with E-state index in [1.807, 2.05) is 0 Å². The van der Waals surface area contributed by atoms with Crippen LogP contribution < -0.4 is 10.2 Å². The molecule has 0 radical (unpaired) electrons. The van der Waals surface area contributed by atoms with Crippen LogP contribution in [0.3, 0.4) is 0 Å². The van der Waals surface area contributed by atoms with Crippen molar-refractivity contribution in [1.82, 2.24) is 0 Å². The van der Waals surface area contributed by atoms with Crippen LogP contribution in [0.1, 0.15) is 23.5 Å². The molecular weight excluding hydrogens is 283 g/mol. The number of carboxylic acids is 2. The van der Waals surface area contributed by atoms with Gasteiger partial charge in [-0.25, -0.2) is 0 Å². The molecule has 0 aromatic heterocycles. The molecule has 0 saturated carbocycles. The van der Waals surface area contributed by atoms with Gasteiger partial charge in [-0.05, 0) is 24.0 Å². The maximum atomic E-state index is 12.3. The molecule has 1 aromatic carbocycles. The molecule has 0 spiro atoms. The lowest BCUT2D eigenvalue weighted by molar-refractivity contribution is -0.308. The van der Waals surface area contributed by atoms with Crippen LogP contribution in [-0.2, 0) is 20.6 Å². The summed E-state index contributed by atoms with van der Waals surface area (Å²) >= 11 is 0. The molecule has 0 aliphatic heterocycles. The molecular formula is C13H13O6P-2. The second kappa shape index (κ2) is 5.38. The van der Waals surface area contributed by atoms with E-state index in [2.05, 4.69) is 0 Å². The summed E-state index contributed by atoms with van der Waals surface area (Å²) in [7, 11) is -3.93. The molecule has 0 bridgehead atoms. The van der Waals surface area contributed by atoms with E-state index in [-0.39, 0.29) is 6.42 Å². The summed E-state index contributed by atoms with van der Waals surface area (Å²) in [5.74, 6) is -4.02. The normalized spacial score (nSPS) is 23.9. The summed E-state index contributed by atoms with van der Waals surface area (Å²) in [4.78, 5) is 31.7. The van der Waals surface area contributed by atoms with Gasteiger partial charge in [0.15, 0.2) is 0 Å². The van der Waals surface area contributed by atoms with E-state index in [1.165, 1.54) is 0 Å². The number of hydrogen-bond donors (Lipinski definition) is 1. The number of carboxylic acid groups (broad SMARTS) is 2. The van der Waals surface area contributed by atoms with Crippen molar-refractivity contribution in [2.24, 2.45) is 0 Å². The summed E-state index contributed by atoms with van der Waals surface area (Å²) in [6.45, 7) is 0. The molecule has 1 N–H and O–H groups in total. The second-order valence-corrected chi connectivity index (χ2v) is 7.49. The monoisotopic (exact) mass is 296 g/mol. The molecule has 20 heavy (non-hydrogen) atoms. The first-order chi connectivity index (χ1) is 9.33. The molecule has 1 aromatic rings. The fourth-order valence-electron chi connectivity index (χ4n) is 2.65. The third-order valence-corrected chi connectivity index (χ3v) is 5.99. The van der Waals surface area contributed by atoms with Crippen LogP contribution in [-0.4, -0.2) is 28.7 Å². The van der Waals surface area contributed by atoms with E-state index < -0.39 is 43.5 Å². The summed E-state index contributed by atoms with van der Waals surface area (Å²) < 4.78 is 12.3. The minimum atomic E-state index is -3.93. The molecule has 1 aliphatic carbocycles. The Bertz CT molecular complexity index is 596. The van der Waals surface area contributed by atoms with Gasteiger partial charge in [0.05, 0.1) is 5.66 Å². The Morgan fingerprint density at radius 3 is 2.55 bits per heavy atom. The van der Waals surface area contributed by atoms with E-state index in [4.69, 9.17) is 0 Å². The fourth-order valence-corrected chi connectivity index (χ4v) is 4.72. The topological polar surface area (TPSA) is 118 Å². The standard InChI is InChI=1S/C13H15O6P/c14-11(15)5-6-20(18,19)10-7-8-3-1-2-4-9(8)12(10)13(16)17/h1-4,10,12H,5-7H2,(H,14,15)(H,16,17)(H,18,19)/p-2/t10-,12-/m0/s1. The average Bonchev–Trinajstić information content (AvgIpc) is 2.76. The van der Waals surface area contributed by atoms with Gasteiger partial charge >= 0.3 is 0 Å². The van der Waals surface area contributed by atoms with E-state index in [0.29, 0.717) is 11.1 Å². The first kappa shape index (κ1) is 14.8. The van der Waals surface area contributed by atoms with Gasteiger partial charge in [-0.2, -0.15) is 0 Å². The van der Waals surface area contributed by atoms with Crippen molar-refractivity contribution in [2.75, 3.05) is 6.16 Å². The van der Waals surface area contributed by atoms with Crippen molar-refractivity contribution in [3.8, 4) is 0 Å². The lowest BCUT2D eigenvalue weighted by atomic mass is 10.0. The largest absolute Gasteiger partial charge is 0.550 e. The van der Waals surface area contributed by atoms with Gasteiger partial charge in [0.25, 0.3) is 0 Å². The number of fused-ring (bicyclic) bond motifs is 1. The minimum absolute atomic E-state index is 0.135. The van der Waals surface area contributed by atoms with Crippen LogP contribution in [0.15, 0.2) is 24.3 Å². The highest BCUT2D eigenvalue weighted by Gasteiger charge is 2.43. The van der Waals surface area contributed by atoms with Crippen LogP contribution in [0.5, 0.6) is 0 Å². The lowest BCUT2D eigenvalue weighted by Crippen LogP contribution is -2.35. The quantitative estimate of drug-likeness (QED) is 0.686. The SMILES string of the molecule is O=C([O-])CCP(=O)(O)[C@H]1Cc2ccccc2[C@@H]1C(=O)[O-]. The zero-order valence-electron chi connectivity index (χ0n) is 10.5. The Morgan fingerprint density at radius 2 is 1.95 bits per heavy atom. The highest BCUT2D eigenvalue weighted by molar-refractivity contribution is 7.58. The third kappa shape index (κ3) is 2.76. The summed E-state index contributed by atoms with van der Waals surface area (Å²) in [6.07, 6.45) is -0.923. The third-order valence-electron chi connectivity index (χ3n) is 3.61. The van der Waals surface area contributed by atoms with Crippen molar-refractivity contribution in [3.05, 3.63) is 35.4 Å². The van der Waals surface area contributed by atoms with Gasteiger partial charge in [0, 0.05) is 24.0 Å². The average molecular weight is 296 g/mol. The Balaban J connectivity index is 2.31. The number of benzene rings is 1. The first-order valence-corrected chi connectivity index (χ1v) is 8.04. The highest BCUT2D eigenvalue weighted by atomic mass is 31.2. The Kier molecular flexibility index (Phi) is 3.97. The number of rotatable bonds is 5. The molecule has 1 unspecified atom stereocenters. The van der Waals surface area contributed by atoms with E-state index in [9.17, 15) is 29.3 Å². The van der Waals surface area contributed by atoms with Gasteiger partial charge in [-0.1, -0.05) is 24.3 Å². The second-order valence-electron chi connectivity index (χ2n) is 4.87. The van der Waals surface area contributed by atoms with Gasteiger partial charge < -0.3 is 24.7 Å². The molecule has 2 rings (SSSR count). The van der Waals surface area contributed by atoms with Gasteiger partial charge in [0.1, 0.15) is 0 Å². The molecule has 108 valence electrons. The molecule has 7 heteroatoms. The zero-order chi connectivity index (χ0) is 14.9. The minimum Gasteiger partial charge on any atom is -0.550 e. The van der Waals surface area contributed by atoms with E-state index >= 15 is 0 Å². The van der Waals surface area contributed by atoms with Crippen molar-refractivity contribution >= 4 is 19.3 Å². The van der Waals surface area contributed by atoms with Gasteiger partial charge in [-0.15, -0.1) is 0 Å². The molecule has 0 amide bonds. The molecule has 1 aliphatic rings. The van der Waals surface area contributed by atoms with Crippen molar-refractivity contribution < 1.29 is 29.3 Å². The fraction of sp³-hybridized carbons (Fsp3) is 0.385. The molecule has 0 fully saturated rings. The molecule has 0 heterocycles. The smallest absolute Gasteiger partial charge is 0.205 e. The van der Waals surface area contributed by atoms with E-state index in [0.717, 1.165) is 0 Å². The zero-order valence-corrected chi connectivity index (χ0v) is 11.4. The molecule has 6 nitrogen and oxygen atoms in total. The highest BCUT2D eigenvalue weighted by Crippen LogP contribution is 2.56. The maximum absolute atomic E-state index is 12.3. The van der Waals surface area contributed by atoms with Crippen molar-refractivity contribution in [3.63, 3.8) is 0 Å². The summed E-state index contributed by atoms with van der Waals surface area (Å²) in [5.41, 5.74) is 0.124. The van der Waals surface area contributed by atoms with Crippen LogP contribution in [0, 0.1) is 0 Å². The predicted molar refractivity (Wildman–Crippen MR) is 66.0 cm³/mol. The number of aliphatic carboxylic acids is 2. The maximum Gasteiger partial charge on any atom is 0.205 e. The van der Waals surface area contributed by atoms with Crippen LogP contribution >= 0.6 is 7.37 Å². The van der Waals surface area contributed by atoms with E-state index in [1.54, 1.807) is 24.3 Å². The van der Waals surface area contributed by atoms with Crippen LogP contribution in [0.25, 0.3) is 0 Å². The Hall–Kier alpha value is -1.65. The van der Waals surface area contributed by atoms with Gasteiger partial charge in [0.2, 0.25) is 7.37 Å². The van der Waals surface area contributed by atoms with Crippen LogP contribution in [0.2, 0.25) is 0 Å².